The van der Waals surface area contributed by atoms with Crippen LogP contribution in [0.4, 0.5) is 0 Å². The zero-order valence-electron chi connectivity index (χ0n) is 5.42. The minimum atomic E-state index is 0. The molecular weight excluding hydrogens is 154 g/mol. The van der Waals surface area contributed by atoms with Gasteiger partial charge in [0.15, 0.2) is 0 Å². The summed E-state index contributed by atoms with van der Waals surface area (Å²) in [6.45, 7) is 0. The maximum atomic E-state index is 5.66. The summed E-state index contributed by atoms with van der Waals surface area (Å²) >= 11 is 4.35. The van der Waals surface area contributed by atoms with Crippen LogP contribution in [0.1, 0.15) is 25.7 Å². The Bertz CT molecular complexity index is 61.5. The summed E-state index contributed by atoms with van der Waals surface area (Å²) in [6, 6.07) is 0.471. The molecule has 1 nitrogen and oxygen atoms in total. The Balaban J connectivity index is 0.000000640. The molecule has 1 saturated carbocycles. The van der Waals surface area contributed by atoms with Crippen molar-refractivity contribution in [1.29, 1.82) is 0 Å². The van der Waals surface area contributed by atoms with Gasteiger partial charge in [0.1, 0.15) is 0 Å². The Morgan fingerprint density at radius 3 is 1.89 bits per heavy atom. The van der Waals surface area contributed by atoms with Crippen LogP contribution in [0.5, 0.6) is 0 Å². The van der Waals surface area contributed by atoms with Gasteiger partial charge in [-0.05, 0) is 25.7 Å². The van der Waals surface area contributed by atoms with Crippen LogP contribution in [-0.2, 0) is 0 Å². The molecule has 1 aliphatic rings. The SMILES string of the molecule is Cl.NC1CCC(S)CC1. The van der Waals surface area contributed by atoms with E-state index in [9.17, 15) is 0 Å². The van der Waals surface area contributed by atoms with Gasteiger partial charge in [-0.2, -0.15) is 12.6 Å². The van der Waals surface area contributed by atoms with Gasteiger partial charge in [-0.15, -0.1) is 12.4 Å². The highest BCUT2D eigenvalue weighted by molar-refractivity contribution is 7.80. The van der Waals surface area contributed by atoms with Gasteiger partial charge in [0.2, 0.25) is 0 Å². The topological polar surface area (TPSA) is 26.0 Å². The second-order valence-electron chi connectivity index (χ2n) is 2.57. The Morgan fingerprint density at radius 2 is 1.56 bits per heavy atom. The Morgan fingerprint density at radius 1 is 1.11 bits per heavy atom. The molecule has 1 aliphatic carbocycles. The van der Waals surface area contributed by atoms with Crippen molar-refractivity contribution < 1.29 is 0 Å². The first-order valence-electron chi connectivity index (χ1n) is 3.22. The van der Waals surface area contributed by atoms with E-state index < -0.39 is 0 Å². The summed E-state index contributed by atoms with van der Waals surface area (Å²) < 4.78 is 0. The van der Waals surface area contributed by atoms with E-state index in [1.807, 2.05) is 0 Å². The molecule has 0 aromatic rings. The highest BCUT2D eigenvalue weighted by atomic mass is 35.5. The van der Waals surface area contributed by atoms with Gasteiger partial charge in [0, 0.05) is 11.3 Å². The molecule has 56 valence electrons. The number of hydrogen-bond acceptors (Lipinski definition) is 2. The monoisotopic (exact) mass is 167 g/mol. The zero-order valence-corrected chi connectivity index (χ0v) is 7.13. The van der Waals surface area contributed by atoms with Crippen molar-refractivity contribution in [2.45, 2.75) is 37.0 Å². The van der Waals surface area contributed by atoms with Crippen molar-refractivity contribution in [3.63, 3.8) is 0 Å². The second kappa shape index (κ2) is 4.42. The molecule has 9 heavy (non-hydrogen) atoms. The van der Waals surface area contributed by atoms with Crippen molar-refractivity contribution in [2.75, 3.05) is 0 Å². The van der Waals surface area contributed by atoms with Crippen molar-refractivity contribution in [3.05, 3.63) is 0 Å². The lowest BCUT2D eigenvalue weighted by Gasteiger charge is -2.21. The van der Waals surface area contributed by atoms with E-state index in [0.29, 0.717) is 11.3 Å². The van der Waals surface area contributed by atoms with Crippen LogP contribution in [0.2, 0.25) is 0 Å². The van der Waals surface area contributed by atoms with Gasteiger partial charge < -0.3 is 5.73 Å². The molecule has 0 spiro atoms. The fraction of sp³-hybridized carbons (Fsp3) is 1.00. The van der Waals surface area contributed by atoms with Gasteiger partial charge in [0.05, 0.1) is 0 Å². The van der Waals surface area contributed by atoms with Crippen molar-refractivity contribution in [3.8, 4) is 0 Å². The molecule has 0 amide bonds. The van der Waals surface area contributed by atoms with E-state index in [2.05, 4.69) is 12.6 Å². The van der Waals surface area contributed by atoms with Gasteiger partial charge >= 0.3 is 0 Å². The van der Waals surface area contributed by atoms with Crippen LogP contribution in [0.15, 0.2) is 0 Å². The Hall–Kier alpha value is 0.600. The number of hydrogen-bond donors (Lipinski definition) is 2. The fourth-order valence-electron chi connectivity index (χ4n) is 1.10. The molecule has 0 saturated heterocycles. The molecule has 0 atom stereocenters. The highest BCUT2D eigenvalue weighted by Gasteiger charge is 2.14. The maximum Gasteiger partial charge on any atom is 0.00396 e. The molecule has 0 unspecified atom stereocenters. The predicted molar refractivity (Wildman–Crippen MR) is 46.5 cm³/mol. The maximum absolute atomic E-state index is 5.66. The zero-order chi connectivity index (χ0) is 5.98. The normalized spacial score (nSPS) is 35.3. The van der Waals surface area contributed by atoms with Crippen LogP contribution in [-0.4, -0.2) is 11.3 Å². The molecule has 0 radical (unpaired) electrons. The summed E-state index contributed by atoms with van der Waals surface area (Å²) in [7, 11) is 0. The Labute approximate surface area is 68.2 Å². The molecule has 1 fully saturated rings. The smallest absolute Gasteiger partial charge is 0.00396 e. The van der Waals surface area contributed by atoms with Crippen LogP contribution in [0.3, 0.4) is 0 Å². The van der Waals surface area contributed by atoms with Gasteiger partial charge in [-0.25, -0.2) is 0 Å². The van der Waals surface area contributed by atoms with Crippen LogP contribution >= 0.6 is 25.0 Å². The van der Waals surface area contributed by atoms with E-state index in [-0.39, 0.29) is 12.4 Å². The summed E-state index contributed by atoms with van der Waals surface area (Å²) in [5.41, 5.74) is 5.66. The third-order valence-corrected chi connectivity index (χ3v) is 2.26. The predicted octanol–water partition coefficient (Wildman–Crippen LogP) is 1.61. The van der Waals surface area contributed by atoms with E-state index in [0.717, 1.165) is 0 Å². The number of thiol groups is 1. The summed E-state index contributed by atoms with van der Waals surface area (Å²) in [5.74, 6) is 0. The van der Waals surface area contributed by atoms with E-state index in [1.54, 1.807) is 0 Å². The van der Waals surface area contributed by atoms with Crippen LogP contribution in [0.25, 0.3) is 0 Å². The van der Waals surface area contributed by atoms with Gasteiger partial charge in [-0.1, -0.05) is 0 Å². The molecule has 0 aromatic carbocycles. The quantitative estimate of drug-likeness (QED) is 0.527. The summed E-state index contributed by atoms with van der Waals surface area (Å²) in [5, 5.41) is 0.634. The van der Waals surface area contributed by atoms with Crippen LogP contribution in [0, 0.1) is 0 Å². The minimum absolute atomic E-state index is 0. The number of rotatable bonds is 0. The molecule has 0 aliphatic heterocycles. The molecular formula is C6H14ClNS. The first-order valence-corrected chi connectivity index (χ1v) is 3.74. The molecule has 3 heteroatoms. The molecule has 0 heterocycles. The van der Waals surface area contributed by atoms with E-state index in [4.69, 9.17) is 5.73 Å². The third kappa shape index (κ3) is 3.33. The standard InChI is InChI=1S/C6H13NS.ClH/c7-5-1-3-6(8)4-2-5;/h5-6,8H,1-4,7H2;1H. The molecule has 2 N–H and O–H groups in total. The Kier molecular flexibility index (Phi) is 4.72. The fourth-order valence-corrected chi connectivity index (χ4v) is 1.40. The molecule has 0 aromatic heterocycles. The summed E-state index contributed by atoms with van der Waals surface area (Å²) in [6.07, 6.45) is 4.77. The molecule has 1 rings (SSSR count). The molecule has 0 bridgehead atoms. The van der Waals surface area contributed by atoms with Crippen LogP contribution < -0.4 is 5.73 Å². The lowest BCUT2D eigenvalue weighted by molar-refractivity contribution is 0.452. The number of nitrogens with two attached hydrogens (primary N) is 1. The highest BCUT2D eigenvalue weighted by Crippen LogP contribution is 2.20. The third-order valence-electron chi connectivity index (χ3n) is 1.74. The largest absolute Gasteiger partial charge is 0.328 e. The average Bonchev–Trinajstić information content (AvgIpc) is 1.77. The van der Waals surface area contributed by atoms with Crippen molar-refractivity contribution in [1.82, 2.24) is 0 Å². The summed E-state index contributed by atoms with van der Waals surface area (Å²) in [4.78, 5) is 0. The lowest BCUT2D eigenvalue weighted by atomic mass is 9.96. The number of halogens is 1. The average molecular weight is 168 g/mol. The second-order valence-corrected chi connectivity index (χ2v) is 3.30. The first kappa shape index (κ1) is 9.60. The van der Waals surface area contributed by atoms with Gasteiger partial charge in [0.25, 0.3) is 0 Å². The lowest BCUT2D eigenvalue weighted by Crippen LogP contribution is -2.26. The van der Waals surface area contributed by atoms with E-state index >= 15 is 0 Å². The first-order chi connectivity index (χ1) is 3.79. The minimum Gasteiger partial charge on any atom is -0.328 e. The van der Waals surface area contributed by atoms with E-state index in [1.165, 1.54) is 25.7 Å². The van der Waals surface area contributed by atoms with Gasteiger partial charge in [-0.3, -0.25) is 0 Å². The van der Waals surface area contributed by atoms with Crippen molar-refractivity contribution in [2.24, 2.45) is 5.73 Å². The van der Waals surface area contributed by atoms with Crippen molar-refractivity contribution >= 4 is 25.0 Å².